The van der Waals surface area contributed by atoms with Gasteiger partial charge < -0.3 is 5.32 Å². The van der Waals surface area contributed by atoms with E-state index < -0.39 is 0 Å². The first kappa shape index (κ1) is 16.3. The van der Waals surface area contributed by atoms with E-state index in [2.05, 4.69) is 85.3 Å². The molecule has 0 saturated carbocycles. The van der Waals surface area contributed by atoms with Gasteiger partial charge in [0.1, 0.15) is 0 Å². The molecule has 2 aromatic rings. The minimum Gasteiger partial charge on any atom is -0.310 e. The first-order chi connectivity index (χ1) is 9.99. The van der Waals surface area contributed by atoms with Crippen molar-refractivity contribution in [3.63, 3.8) is 0 Å². The molecule has 2 aromatic carbocycles. The van der Waals surface area contributed by atoms with E-state index in [1.54, 1.807) is 0 Å². The number of benzene rings is 2. The summed E-state index contributed by atoms with van der Waals surface area (Å²) in [6.45, 7) is 9.60. The number of halogens is 1. The molecule has 0 aromatic heterocycles. The summed E-state index contributed by atoms with van der Waals surface area (Å²) in [6, 6.07) is 13.8. The van der Waals surface area contributed by atoms with Crippen molar-refractivity contribution in [2.45, 2.75) is 40.2 Å². The number of aryl methyl sites for hydroxylation is 3. The van der Waals surface area contributed by atoms with Crippen molar-refractivity contribution in [3.8, 4) is 0 Å². The Labute approximate surface area is 136 Å². The average molecular weight is 346 g/mol. The van der Waals surface area contributed by atoms with Gasteiger partial charge in [-0.2, -0.15) is 0 Å². The lowest BCUT2D eigenvalue weighted by atomic mass is 9.96. The molecule has 0 heterocycles. The fraction of sp³-hybridized carbons (Fsp3) is 0.368. The molecule has 0 fully saturated rings. The van der Waals surface area contributed by atoms with E-state index in [1.807, 2.05) is 0 Å². The molecule has 21 heavy (non-hydrogen) atoms. The summed E-state index contributed by atoms with van der Waals surface area (Å²) in [6.07, 6.45) is 1.02. The number of hydrogen-bond acceptors (Lipinski definition) is 1. The molecule has 0 saturated heterocycles. The van der Waals surface area contributed by atoms with Crippen LogP contribution in [0.2, 0.25) is 0 Å². The summed E-state index contributed by atoms with van der Waals surface area (Å²) in [5.74, 6) is 0. The van der Waals surface area contributed by atoms with Crippen molar-refractivity contribution in [2.75, 3.05) is 6.54 Å². The van der Waals surface area contributed by atoms with E-state index in [9.17, 15) is 0 Å². The summed E-state index contributed by atoms with van der Waals surface area (Å²) < 4.78 is 1.18. The molecule has 112 valence electrons. The Morgan fingerprint density at radius 1 is 1.00 bits per heavy atom. The van der Waals surface area contributed by atoms with Crippen molar-refractivity contribution in [1.82, 2.24) is 5.32 Å². The minimum absolute atomic E-state index is 0.355. The van der Waals surface area contributed by atoms with Crippen LogP contribution in [0.4, 0.5) is 0 Å². The summed E-state index contributed by atoms with van der Waals surface area (Å²) in [4.78, 5) is 0. The highest BCUT2D eigenvalue weighted by Crippen LogP contribution is 2.25. The SMILES string of the molecule is CCNC(Cc1cc(C)cc(C)c1)c1ccc(C)c(Br)c1. The fourth-order valence-electron chi connectivity index (χ4n) is 2.80. The van der Waals surface area contributed by atoms with Crippen LogP contribution in [-0.2, 0) is 6.42 Å². The predicted molar refractivity (Wildman–Crippen MR) is 94.9 cm³/mol. The summed E-state index contributed by atoms with van der Waals surface area (Å²) in [5, 5.41) is 3.61. The topological polar surface area (TPSA) is 12.0 Å². The van der Waals surface area contributed by atoms with Gasteiger partial charge in [0.15, 0.2) is 0 Å². The van der Waals surface area contributed by atoms with Gasteiger partial charge in [0.2, 0.25) is 0 Å². The second kappa shape index (κ2) is 7.24. The highest BCUT2D eigenvalue weighted by atomic mass is 79.9. The maximum Gasteiger partial charge on any atom is 0.0361 e. The molecule has 2 rings (SSSR count). The van der Waals surface area contributed by atoms with Crippen molar-refractivity contribution in [3.05, 3.63) is 68.7 Å². The lowest BCUT2D eigenvalue weighted by molar-refractivity contribution is 0.549. The molecule has 0 amide bonds. The third-order valence-electron chi connectivity index (χ3n) is 3.77. The van der Waals surface area contributed by atoms with E-state index >= 15 is 0 Å². The largest absolute Gasteiger partial charge is 0.310 e. The van der Waals surface area contributed by atoms with Crippen LogP contribution < -0.4 is 5.32 Å². The highest BCUT2D eigenvalue weighted by Gasteiger charge is 2.12. The van der Waals surface area contributed by atoms with Gasteiger partial charge in [0, 0.05) is 10.5 Å². The molecule has 0 spiro atoms. The second-order valence-corrected chi connectivity index (χ2v) is 6.67. The molecule has 1 atom stereocenters. The summed E-state index contributed by atoms with van der Waals surface area (Å²) in [7, 11) is 0. The molecule has 0 aliphatic rings. The van der Waals surface area contributed by atoms with Crippen molar-refractivity contribution in [2.24, 2.45) is 0 Å². The molecular formula is C19H24BrN. The van der Waals surface area contributed by atoms with Crippen LogP contribution in [0.25, 0.3) is 0 Å². The van der Waals surface area contributed by atoms with Crippen molar-refractivity contribution < 1.29 is 0 Å². The van der Waals surface area contributed by atoms with E-state index in [-0.39, 0.29) is 0 Å². The second-order valence-electron chi connectivity index (χ2n) is 5.82. The zero-order valence-electron chi connectivity index (χ0n) is 13.3. The highest BCUT2D eigenvalue weighted by molar-refractivity contribution is 9.10. The van der Waals surface area contributed by atoms with Crippen LogP contribution in [0.15, 0.2) is 40.9 Å². The molecule has 1 N–H and O–H groups in total. The van der Waals surface area contributed by atoms with Crippen LogP contribution in [-0.4, -0.2) is 6.54 Å². The van der Waals surface area contributed by atoms with Crippen LogP contribution >= 0.6 is 15.9 Å². The Hall–Kier alpha value is -1.12. The van der Waals surface area contributed by atoms with Crippen LogP contribution in [0.5, 0.6) is 0 Å². The Balaban J connectivity index is 2.27. The molecule has 1 unspecified atom stereocenters. The standard InChI is InChI=1S/C19H24BrN/c1-5-21-19(17-7-6-15(4)18(20)12-17)11-16-9-13(2)8-14(3)10-16/h6-10,12,19,21H,5,11H2,1-4H3. The summed E-state index contributed by atoms with van der Waals surface area (Å²) >= 11 is 3.65. The van der Waals surface area contributed by atoms with Crippen molar-refractivity contribution >= 4 is 15.9 Å². The van der Waals surface area contributed by atoms with Gasteiger partial charge in [-0.3, -0.25) is 0 Å². The number of rotatable bonds is 5. The molecule has 1 nitrogen and oxygen atoms in total. The Bertz CT molecular complexity index is 599. The lowest BCUT2D eigenvalue weighted by Crippen LogP contribution is -2.23. The first-order valence-corrected chi connectivity index (χ1v) is 8.35. The van der Waals surface area contributed by atoms with Crippen LogP contribution in [0.1, 0.15) is 40.8 Å². The fourth-order valence-corrected chi connectivity index (χ4v) is 3.20. The summed E-state index contributed by atoms with van der Waals surface area (Å²) in [5.41, 5.74) is 6.69. The van der Waals surface area contributed by atoms with Gasteiger partial charge in [-0.25, -0.2) is 0 Å². The third kappa shape index (κ3) is 4.42. The molecule has 0 radical (unpaired) electrons. The lowest BCUT2D eigenvalue weighted by Gasteiger charge is -2.20. The third-order valence-corrected chi connectivity index (χ3v) is 4.62. The average Bonchev–Trinajstić information content (AvgIpc) is 2.40. The van der Waals surface area contributed by atoms with Gasteiger partial charge in [-0.1, -0.05) is 64.3 Å². The molecule has 0 aliphatic heterocycles. The molecule has 2 heteroatoms. The van der Waals surface area contributed by atoms with E-state index in [0.29, 0.717) is 6.04 Å². The van der Waals surface area contributed by atoms with Crippen LogP contribution in [0.3, 0.4) is 0 Å². The predicted octanol–water partition coefficient (Wildman–Crippen LogP) is 5.27. The normalized spacial score (nSPS) is 12.4. The number of hydrogen-bond donors (Lipinski definition) is 1. The Kier molecular flexibility index (Phi) is 5.60. The molecule has 0 aliphatic carbocycles. The smallest absolute Gasteiger partial charge is 0.0361 e. The number of likely N-dealkylation sites (N-methyl/N-ethyl adjacent to an activating group) is 1. The quantitative estimate of drug-likeness (QED) is 0.778. The van der Waals surface area contributed by atoms with Crippen molar-refractivity contribution in [1.29, 1.82) is 0 Å². The Morgan fingerprint density at radius 2 is 1.67 bits per heavy atom. The van der Waals surface area contributed by atoms with Gasteiger partial charge in [0.05, 0.1) is 0 Å². The van der Waals surface area contributed by atoms with Gasteiger partial charge in [-0.15, -0.1) is 0 Å². The number of nitrogens with one attached hydrogen (secondary N) is 1. The Morgan fingerprint density at radius 3 is 2.24 bits per heavy atom. The maximum atomic E-state index is 3.65. The van der Waals surface area contributed by atoms with Gasteiger partial charge in [0.25, 0.3) is 0 Å². The zero-order chi connectivity index (χ0) is 15.4. The molecule has 0 bridgehead atoms. The van der Waals surface area contributed by atoms with E-state index in [0.717, 1.165) is 13.0 Å². The zero-order valence-corrected chi connectivity index (χ0v) is 14.9. The maximum absolute atomic E-state index is 3.65. The van der Waals surface area contributed by atoms with Gasteiger partial charge in [-0.05, 0) is 56.5 Å². The monoisotopic (exact) mass is 345 g/mol. The van der Waals surface area contributed by atoms with E-state index in [4.69, 9.17) is 0 Å². The van der Waals surface area contributed by atoms with Gasteiger partial charge >= 0.3 is 0 Å². The first-order valence-electron chi connectivity index (χ1n) is 7.56. The van der Waals surface area contributed by atoms with E-state index in [1.165, 1.54) is 32.3 Å². The molecular weight excluding hydrogens is 322 g/mol. The van der Waals surface area contributed by atoms with Crippen LogP contribution in [0, 0.1) is 20.8 Å². The minimum atomic E-state index is 0.355.